The predicted octanol–water partition coefficient (Wildman–Crippen LogP) is 2.12. The van der Waals surface area contributed by atoms with Crippen molar-refractivity contribution in [2.75, 3.05) is 6.61 Å². The molecule has 0 aliphatic carbocycles. The van der Waals surface area contributed by atoms with E-state index in [0.29, 0.717) is 13.0 Å². The summed E-state index contributed by atoms with van der Waals surface area (Å²) in [5, 5.41) is 0. The van der Waals surface area contributed by atoms with Gasteiger partial charge in [0.2, 0.25) is 6.29 Å². The molecule has 0 spiro atoms. The molecule has 0 radical (unpaired) electrons. The molecule has 1 saturated heterocycles. The zero-order valence-electron chi connectivity index (χ0n) is 11.3. The molecule has 0 saturated carbocycles. The summed E-state index contributed by atoms with van der Waals surface area (Å²) in [6.07, 6.45) is 6.85. The van der Waals surface area contributed by atoms with Gasteiger partial charge in [0.05, 0.1) is 6.10 Å². The maximum Gasteiger partial charge on any atom is 0.305 e. The van der Waals surface area contributed by atoms with Crippen LogP contribution in [0.4, 0.5) is 0 Å². The molecule has 0 amide bonds. The van der Waals surface area contributed by atoms with Crippen molar-refractivity contribution in [2.45, 2.75) is 58.5 Å². The quantitative estimate of drug-likeness (QED) is 0.414. The van der Waals surface area contributed by atoms with Crippen LogP contribution in [0, 0.1) is 18.3 Å². The van der Waals surface area contributed by atoms with Crippen LogP contribution in [0.3, 0.4) is 0 Å². The molecule has 0 bridgehead atoms. The van der Waals surface area contributed by atoms with Crippen molar-refractivity contribution in [2.24, 2.45) is 5.92 Å². The van der Waals surface area contributed by atoms with Crippen LogP contribution >= 0.6 is 0 Å². The van der Waals surface area contributed by atoms with Gasteiger partial charge >= 0.3 is 5.97 Å². The Hall–Kier alpha value is -1.05. The molecule has 1 unspecified atom stereocenters. The lowest BCUT2D eigenvalue weighted by molar-refractivity contribution is -0.191. The Morgan fingerprint density at radius 1 is 1.50 bits per heavy atom. The highest BCUT2D eigenvalue weighted by atomic mass is 16.7. The van der Waals surface area contributed by atoms with Gasteiger partial charge in [-0.05, 0) is 12.8 Å². The van der Waals surface area contributed by atoms with Crippen LogP contribution in [0.25, 0.3) is 0 Å². The van der Waals surface area contributed by atoms with Crippen LogP contribution in [0.15, 0.2) is 0 Å². The molecule has 0 aromatic rings. The molecule has 1 fully saturated rings. The smallest absolute Gasteiger partial charge is 0.305 e. The Balaban J connectivity index is 2.52. The van der Waals surface area contributed by atoms with Crippen molar-refractivity contribution in [3.05, 3.63) is 0 Å². The van der Waals surface area contributed by atoms with E-state index in [-0.39, 0.29) is 24.1 Å². The fraction of sp³-hybridized carbons (Fsp3) is 0.786. The Kier molecular flexibility index (Phi) is 6.17. The summed E-state index contributed by atoms with van der Waals surface area (Å²) in [5.74, 6) is 2.44. The first-order valence-electron chi connectivity index (χ1n) is 6.47. The summed E-state index contributed by atoms with van der Waals surface area (Å²) in [6.45, 7) is 6.05. The lowest BCUT2D eigenvalue weighted by Crippen LogP contribution is -2.32. The Bertz CT molecular complexity index is 307. The molecule has 1 heterocycles. The fourth-order valence-corrected chi connectivity index (χ4v) is 2.18. The zero-order chi connectivity index (χ0) is 13.5. The number of terminal acetylenes is 1. The number of carbonyl (C=O) groups excluding carboxylic acids is 1. The van der Waals surface area contributed by atoms with E-state index in [4.69, 9.17) is 20.6 Å². The second-order valence-corrected chi connectivity index (χ2v) is 4.56. The van der Waals surface area contributed by atoms with E-state index < -0.39 is 6.29 Å². The summed E-state index contributed by atoms with van der Waals surface area (Å²) in [7, 11) is 0. The fourth-order valence-electron chi connectivity index (χ4n) is 2.18. The average Bonchev–Trinajstić information content (AvgIpc) is 2.61. The first-order chi connectivity index (χ1) is 8.60. The van der Waals surface area contributed by atoms with E-state index in [0.717, 1.165) is 12.8 Å². The third-order valence-electron chi connectivity index (χ3n) is 3.14. The van der Waals surface area contributed by atoms with E-state index in [1.165, 1.54) is 6.92 Å². The third kappa shape index (κ3) is 4.01. The molecule has 18 heavy (non-hydrogen) atoms. The van der Waals surface area contributed by atoms with Crippen LogP contribution in [0.5, 0.6) is 0 Å². The molecule has 0 aromatic carbocycles. The lowest BCUT2D eigenvalue weighted by Gasteiger charge is -2.20. The number of rotatable bonds is 6. The van der Waals surface area contributed by atoms with E-state index >= 15 is 0 Å². The van der Waals surface area contributed by atoms with Gasteiger partial charge in [0.15, 0.2) is 0 Å². The highest BCUT2D eigenvalue weighted by Gasteiger charge is 2.43. The van der Waals surface area contributed by atoms with Crippen LogP contribution in [-0.4, -0.2) is 31.1 Å². The number of unbranched alkanes of at least 4 members (excludes halogenated alkanes) is 1. The second-order valence-electron chi connectivity index (χ2n) is 4.56. The second kappa shape index (κ2) is 7.40. The van der Waals surface area contributed by atoms with E-state index in [2.05, 4.69) is 12.8 Å². The van der Waals surface area contributed by atoms with Crippen molar-refractivity contribution >= 4 is 5.97 Å². The zero-order valence-corrected chi connectivity index (χ0v) is 11.3. The summed E-state index contributed by atoms with van der Waals surface area (Å²) in [5.41, 5.74) is 0. The maximum atomic E-state index is 11.0. The molecule has 4 nitrogen and oxygen atoms in total. The normalized spacial score (nSPS) is 31.0. The number of hydrogen-bond donors (Lipinski definition) is 0. The Labute approximate surface area is 109 Å². The highest BCUT2D eigenvalue weighted by Crippen LogP contribution is 2.31. The minimum atomic E-state index is -0.590. The van der Waals surface area contributed by atoms with Gasteiger partial charge in [0.25, 0.3) is 0 Å². The van der Waals surface area contributed by atoms with Gasteiger partial charge in [0.1, 0.15) is 6.10 Å². The maximum absolute atomic E-state index is 11.0. The van der Waals surface area contributed by atoms with Crippen LogP contribution < -0.4 is 0 Å². The number of esters is 1. The molecular formula is C14H22O4. The van der Waals surface area contributed by atoms with Crippen LogP contribution in [0.2, 0.25) is 0 Å². The van der Waals surface area contributed by atoms with Crippen molar-refractivity contribution in [1.29, 1.82) is 0 Å². The summed E-state index contributed by atoms with van der Waals surface area (Å²) in [4.78, 5) is 11.0. The number of carbonyl (C=O) groups is 1. The summed E-state index contributed by atoms with van der Waals surface area (Å²) in [6, 6.07) is 0. The minimum absolute atomic E-state index is 0.0759. The largest absolute Gasteiger partial charge is 0.433 e. The van der Waals surface area contributed by atoms with Crippen molar-refractivity contribution in [1.82, 2.24) is 0 Å². The van der Waals surface area contributed by atoms with E-state index in [1.807, 2.05) is 6.92 Å². The summed E-state index contributed by atoms with van der Waals surface area (Å²) >= 11 is 0. The monoisotopic (exact) mass is 254 g/mol. The topological polar surface area (TPSA) is 44.8 Å². The third-order valence-corrected chi connectivity index (χ3v) is 3.14. The lowest BCUT2D eigenvalue weighted by atomic mass is 9.99. The van der Waals surface area contributed by atoms with Gasteiger partial charge < -0.3 is 14.2 Å². The first kappa shape index (κ1) is 15.0. The molecule has 1 rings (SSSR count). The van der Waals surface area contributed by atoms with Gasteiger partial charge in [-0.25, -0.2) is 0 Å². The van der Waals surface area contributed by atoms with Gasteiger partial charge in [-0.1, -0.05) is 13.8 Å². The first-order valence-corrected chi connectivity index (χ1v) is 6.47. The Morgan fingerprint density at radius 3 is 2.78 bits per heavy atom. The van der Waals surface area contributed by atoms with Crippen LogP contribution in [-0.2, 0) is 19.0 Å². The van der Waals surface area contributed by atoms with Gasteiger partial charge in [-0.15, -0.1) is 12.3 Å². The predicted molar refractivity (Wildman–Crippen MR) is 67.7 cm³/mol. The van der Waals surface area contributed by atoms with Gasteiger partial charge in [-0.2, -0.15) is 0 Å². The molecule has 4 atom stereocenters. The molecular weight excluding hydrogens is 232 g/mol. The molecule has 1 aliphatic rings. The van der Waals surface area contributed by atoms with Crippen molar-refractivity contribution in [3.8, 4) is 12.3 Å². The average molecular weight is 254 g/mol. The molecule has 0 aromatic heterocycles. The van der Waals surface area contributed by atoms with E-state index in [9.17, 15) is 4.79 Å². The minimum Gasteiger partial charge on any atom is -0.433 e. The number of hydrogen-bond acceptors (Lipinski definition) is 4. The number of ether oxygens (including phenoxy) is 3. The van der Waals surface area contributed by atoms with Gasteiger partial charge in [0, 0.05) is 25.9 Å². The van der Waals surface area contributed by atoms with Crippen LogP contribution in [0.1, 0.15) is 40.0 Å². The van der Waals surface area contributed by atoms with Gasteiger partial charge in [-0.3, -0.25) is 4.79 Å². The molecule has 4 heteroatoms. The van der Waals surface area contributed by atoms with E-state index in [1.54, 1.807) is 0 Å². The Morgan fingerprint density at radius 2 is 2.22 bits per heavy atom. The highest BCUT2D eigenvalue weighted by molar-refractivity contribution is 5.66. The molecule has 102 valence electrons. The SMILES string of the molecule is C#CCCCO[C@H]1C(OC(C)=O)O[C@H](CC)[C@H]1C. The summed E-state index contributed by atoms with van der Waals surface area (Å²) < 4.78 is 16.6. The van der Waals surface area contributed by atoms with Crippen molar-refractivity contribution in [3.63, 3.8) is 0 Å². The van der Waals surface area contributed by atoms with Crippen molar-refractivity contribution < 1.29 is 19.0 Å². The molecule has 0 N–H and O–H groups in total. The molecule has 1 aliphatic heterocycles. The standard InChI is InChI=1S/C14H22O4/c1-5-7-8-9-16-13-10(3)12(6-2)18-14(13)17-11(4)15/h1,10,12-14H,6-9H2,2-4H3/t10-,12-,13-,14?/m1/s1.